The van der Waals surface area contributed by atoms with E-state index in [0.29, 0.717) is 18.4 Å². The molecule has 99 heavy (non-hydrogen) atoms. The number of hydrogen-bond donors (Lipinski definition) is 1. The number of rotatable bonds is 33. The molecule has 16 atom stereocenters. The number of unbranched alkanes of at least 4 members (excludes halogenated alkanes) is 5. The van der Waals surface area contributed by atoms with Crippen LogP contribution in [0, 0.1) is 0 Å². The summed E-state index contributed by atoms with van der Waals surface area (Å²) in [5.74, 6) is -2.24. The number of fused-ring (bicyclic) bond motifs is 1. The van der Waals surface area contributed by atoms with E-state index in [1.807, 2.05) is 159 Å². The molecule has 7 aromatic rings. The molecule has 524 valence electrons. The lowest BCUT2D eigenvalue weighted by Gasteiger charge is -2.52. The first-order chi connectivity index (χ1) is 48.5. The zero-order chi connectivity index (χ0) is 68.6. The van der Waals surface area contributed by atoms with Crippen LogP contribution in [0.25, 0.3) is 0 Å². The topological polar surface area (TPSA) is 219 Å². The van der Waals surface area contributed by atoms with E-state index in [1.165, 1.54) is 14.0 Å². The first kappa shape index (κ1) is 72.2. The number of ether oxygens (including phenoxy) is 15. The highest BCUT2D eigenvalue weighted by molar-refractivity contribution is 5.90. The molecule has 11 rings (SSSR count). The van der Waals surface area contributed by atoms with Crippen molar-refractivity contribution in [2.75, 3.05) is 26.9 Å². The van der Waals surface area contributed by atoms with Crippen LogP contribution < -0.4 is 5.32 Å². The molecule has 20 nitrogen and oxygen atoms in total. The van der Waals surface area contributed by atoms with Gasteiger partial charge < -0.3 is 76.4 Å². The van der Waals surface area contributed by atoms with Gasteiger partial charge in [0.15, 0.2) is 37.4 Å². The minimum absolute atomic E-state index is 0.0841. The molecular weight excluding hydrogens is 1270 g/mol. The van der Waals surface area contributed by atoms with Crippen molar-refractivity contribution in [2.24, 2.45) is 0 Å². The molecule has 0 bridgehead atoms. The lowest BCUT2D eigenvalue weighted by atomic mass is 9.93. The van der Waals surface area contributed by atoms with Gasteiger partial charge in [-0.2, -0.15) is 0 Å². The van der Waals surface area contributed by atoms with E-state index in [9.17, 15) is 19.2 Å². The first-order valence-corrected chi connectivity index (χ1v) is 34.2. The third-order valence-electron chi connectivity index (χ3n) is 17.7. The SMILES string of the molecule is COC(=O)CCCCCCCCO[C@@H]1O[C@H](COCc2ccccc2)[C@@H](O[C@@H]2O[C@@H]3COC(c4ccccc4)O[C@@H]3[C@H](OC(=O)c3ccccc3)[C@H]2OC(=O)c2ccccc2)[C@H](O[C@@H]2O[C@@H](C)[C@@H](OCc3ccccc3)[C@@H](OCc3ccccc3)[C@@H]2OCc2ccccc2)[C@H]1NC(C)=O. The van der Waals surface area contributed by atoms with Gasteiger partial charge in [0.25, 0.3) is 0 Å². The molecule has 0 radical (unpaired) electrons. The molecule has 4 aliphatic heterocycles. The molecule has 0 aromatic heterocycles. The van der Waals surface area contributed by atoms with Crippen molar-refractivity contribution < 1.29 is 90.2 Å². The Bertz CT molecular complexity index is 3530. The average Bonchev–Trinajstić information content (AvgIpc) is 0.760. The number of hydrogen-bond acceptors (Lipinski definition) is 19. The van der Waals surface area contributed by atoms with Crippen molar-refractivity contribution in [3.05, 3.63) is 251 Å². The minimum atomic E-state index is -1.65. The Morgan fingerprint density at radius 3 is 1.48 bits per heavy atom. The fourth-order valence-electron chi connectivity index (χ4n) is 12.7. The van der Waals surface area contributed by atoms with Gasteiger partial charge in [0.2, 0.25) is 5.91 Å². The van der Waals surface area contributed by atoms with Crippen LogP contribution in [0.1, 0.15) is 114 Å². The number of esters is 3. The van der Waals surface area contributed by atoms with Crippen LogP contribution >= 0.6 is 0 Å². The molecule has 0 saturated carbocycles. The van der Waals surface area contributed by atoms with E-state index in [0.717, 1.165) is 54.4 Å². The van der Waals surface area contributed by atoms with Crippen LogP contribution in [0.3, 0.4) is 0 Å². The summed E-state index contributed by atoms with van der Waals surface area (Å²) in [5.41, 5.74) is 4.62. The van der Waals surface area contributed by atoms with Crippen LogP contribution in [-0.2, 0) is 107 Å². The lowest BCUT2D eigenvalue weighted by Crippen LogP contribution is -2.70. The molecule has 4 heterocycles. The molecule has 0 aliphatic carbocycles. The Morgan fingerprint density at radius 2 is 0.929 bits per heavy atom. The molecule has 1 unspecified atom stereocenters. The lowest BCUT2D eigenvalue weighted by molar-refractivity contribution is -0.393. The van der Waals surface area contributed by atoms with Crippen molar-refractivity contribution in [2.45, 2.75) is 184 Å². The molecule has 0 spiro atoms. The van der Waals surface area contributed by atoms with E-state index in [1.54, 1.807) is 60.7 Å². The smallest absolute Gasteiger partial charge is 0.338 e. The Balaban J connectivity index is 1.01. The van der Waals surface area contributed by atoms with Gasteiger partial charge in [0.05, 0.1) is 64.0 Å². The number of methoxy groups -OCH3 is 1. The van der Waals surface area contributed by atoms with Gasteiger partial charge in [0, 0.05) is 25.5 Å². The summed E-state index contributed by atoms with van der Waals surface area (Å²) in [7, 11) is 1.39. The third-order valence-corrected chi connectivity index (χ3v) is 17.7. The Kier molecular flexibility index (Phi) is 27.3. The highest BCUT2D eigenvalue weighted by Crippen LogP contribution is 2.41. The predicted octanol–water partition coefficient (Wildman–Crippen LogP) is 11.9. The number of carbonyl (C=O) groups is 4. The largest absolute Gasteiger partial charge is 0.469 e. The van der Waals surface area contributed by atoms with E-state index in [2.05, 4.69) is 5.32 Å². The van der Waals surface area contributed by atoms with Gasteiger partial charge in [-0.15, -0.1) is 0 Å². The van der Waals surface area contributed by atoms with Gasteiger partial charge in [0.1, 0.15) is 54.9 Å². The highest BCUT2D eigenvalue weighted by atomic mass is 16.8. The number of carbonyl (C=O) groups excluding carboxylic acids is 4. The van der Waals surface area contributed by atoms with Crippen molar-refractivity contribution >= 4 is 23.8 Å². The average molecular weight is 1360 g/mol. The van der Waals surface area contributed by atoms with Crippen LogP contribution in [0.15, 0.2) is 212 Å². The quantitative estimate of drug-likeness (QED) is 0.0230. The molecule has 7 aromatic carbocycles. The summed E-state index contributed by atoms with van der Waals surface area (Å²) in [4.78, 5) is 55.5. The van der Waals surface area contributed by atoms with Gasteiger partial charge in [-0.1, -0.05) is 214 Å². The maximum absolute atomic E-state index is 14.8. The third kappa shape index (κ3) is 20.6. The van der Waals surface area contributed by atoms with Crippen molar-refractivity contribution in [3.63, 3.8) is 0 Å². The summed E-state index contributed by atoms with van der Waals surface area (Å²) in [6, 6.07) is 63.8. The molecule has 1 amide bonds. The molecule has 1 N–H and O–H groups in total. The normalized spacial score (nSPS) is 26.7. The van der Waals surface area contributed by atoms with Crippen LogP contribution in [0.5, 0.6) is 0 Å². The van der Waals surface area contributed by atoms with Crippen molar-refractivity contribution in [1.82, 2.24) is 5.32 Å². The Hall–Kier alpha value is -8.06. The molecule has 4 aliphatic rings. The standard InChI is InChI=1S/C79H89NO19/c1-53-66(88-48-56-33-17-9-18-34-56)70(89-49-57-35-19-10-20-36-57)72(90-50-58-37-21-11-22-38-58)78(92-53)99-69-65(80-54(2)81)77(87-46-30-7-5-4-6-29-45-64(82)85-3)93-62(51-86-47-55-31-15-8-16-32-55)67(69)98-79-73(96-75(84)60-41-25-13-26-42-60)71(95-74(83)59-39-23-12-24-40-59)68-63(94-79)52-91-76(97-68)61-43-27-14-28-44-61/h8-28,31-44,53,62-63,65-73,76-79H,4-7,29-30,45-52H2,1-3H3,(H,80,81)/t53-,62+,63+,65+,66+,67+,68-,69+,70+,71-,72-,73+,76?,77+,78-,79-/m0/s1. The zero-order valence-electron chi connectivity index (χ0n) is 56.1. The van der Waals surface area contributed by atoms with Crippen molar-refractivity contribution in [3.8, 4) is 0 Å². The summed E-state index contributed by atoms with van der Waals surface area (Å²) in [6.45, 7) is 3.78. The van der Waals surface area contributed by atoms with E-state index in [4.69, 9.17) is 71.1 Å². The van der Waals surface area contributed by atoms with Crippen LogP contribution in [0.2, 0.25) is 0 Å². The summed E-state index contributed by atoms with van der Waals surface area (Å²) >= 11 is 0. The number of nitrogens with one attached hydrogen (secondary N) is 1. The highest BCUT2D eigenvalue weighted by Gasteiger charge is 2.59. The summed E-state index contributed by atoms with van der Waals surface area (Å²) in [6.07, 6.45) is -12.6. The molecule has 4 fully saturated rings. The van der Waals surface area contributed by atoms with Crippen LogP contribution in [-0.4, -0.2) is 143 Å². The first-order valence-electron chi connectivity index (χ1n) is 34.2. The number of amides is 1. The van der Waals surface area contributed by atoms with E-state index < -0.39 is 116 Å². The zero-order valence-corrected chi connectivity index (χ0v) is 56.1. The van der Waals surface area contributed by atoms with Gasteiger partial charge in [-0.25, -0.2) is 9.59 Å². The van der Waals surface area contributed by atoms with E-state index >= 15 is 0 Å². The van der Waals surface area contributed by atoms with Gasteiger partial charge in [-0.05, 0) is 66.3 Å². The molecule has 20 heteroatoms. The maximum atomic E-state index is 14.8. The number of benzene rings is 7. The fourth-order valence-corrected chi connectivity index (χ4v) is 12.7. The van der Waals surface area contributed by atoms with Gasteiger partial charge in [-0.3, -0.25) is 9.59 Å². The Labute approximate surface area is 578 Å². The second-order valence-corrected chi connectivity index (χ2v) is 25.0. The summed E-state index contributed by atoms with van der Waals surface area (Å²) in [5, 5.41) is 3.14. The molecular formula is C79H89NO19. The monoisotopic (exact) mass is 1360 g/mol. The summed E-state index contributed by atoms with van der Waals surface area (Å²) < 4.78 is 102. The predicted molar refractivity (Wildman–Crippen MR) is 362 cm³/mol. The second kappa shape index (κ2) is 37.4. The van der Waals surface area contributed by atoms with E-state index in [-0.39, 0.29) is 63.3 Å². The van der Waals surface area contributed by atoms with Crippen molar-refractivity contribution in [1.29, 1.82) is 0 Å². The second-order valence-electron chi connectivity index (χ2n) is 25.0. The molecule has 4 saturated heterocycles. The minimum Gasteiger partial charge on any atom is -0.469 e. The van der Waals surface area contributed by atoms with Crippen LogP contribution in [0.4, 0.5) is 0 Å². The maximum Gasteiger partial charge on any atom is 0.338 e. The Morgan fingerprint density at radius 1 is 0.455 bits per heavy atom. The van der Waals surface area contributed by atoms with Gasteiger partial charge >= 0.3 is 17.9 Å². The fraction of sp³-hybridized carbons (Fsp3) is 0.418.